The number of halogens is 3. The molecule has 14 heteroatoms. The molecule has 0 aliphatic heterocycles. The summed E-state index contributed by atoms with van der Waals surface area (Å²) in [5, 5.41) is 15.3. The second kappa shape index (κ2) is 16.3. The van der Waals surface area contributed by atoms with Crippen molar-refractivity contribution in [3.8, 4) is 11.5 Å². The predicted octanol–water partition coefficient (Wildman–Crippen LogP) is 6.09. The highest BCUT2D eigenvalue weighted by molar-refractivity contribution is 5.94. The zero-order chi connectivity index (χ0) is 35.6. The number of fused-ring (bicyclic) bond motifs is 1. The van der Waals surface area contributed by atoms with Gasteiger partial charge in [-0.3, -0.25) is 9.59 Å². The Balaban J connectivity index is 0.000000804. The standard InChI is InChI=1S/C32H37N5O4.C2HF3O2/c1-6-40-29-18-24(10-13-28(29)41-20(2)3)30(36-25-11-12-27-23(17-25)14-15-34-31(27)33)32(39)35-19-22-8-7-9-26(16-22)37(5)21(4)38;3-2(4,5)1(6)7/h7-18,20,30,36H,6,19H2,1-5H3,(H2,33,34)(H,35,39);(H,6,7). The van der Waals surface area contributed by atoms with Crippen LogP contribution in [0.2, 0.25) is 0 Å². The van der Waals surface area contributed by atoms with Gasteiger partial charge in [-0.05, 0) is 85.8 Å². The first kappa shape index (κ1) is 36.9. The minimum atomic E-state index is -5.08. The Morgan fingerprint density at radius 3 is 2.35 bits per heavy atom. The zero-order valence-electron chi connectivity index (χ0n) is 27.1. The highest BCUT2D eigenvalue weighted by Crippen LogP contribution is 2.33. The number of nitrogen functional groups attached to an aromatic ring is 1. The Bertz CT molecular complexity index is 1750. The molecule has 1 unspecified atom stereocenters. The van der Waals surface area contributed by atoms with Crippen molar-refractivity contribution < 1.29 is 42.1 Å². The fourth-order valence-corrected chi connectivity index (χ4v) is 4.43. The van der Waals surface area contributed by atoms with Gasteiger partial charge in [-0.25, -0.2) is 9.78 Å². The van der Waals surface area contributed by atoms with E-state index in [4.69, 9.17) is 25.1 Å². The number of aliphatic carboxylic acids is 1. The average Bonchev–Trinajstić information content (AvgIpc) is 3.03. The van der Waals surface area contributed by atoms with E-state index in [0.717, 1.165) is 27.7 Å². The summed E-state index contributed by atoms with van der Waals surface area (Å²) >= 11 is 0. The van der Waals surface area contributed by atoms with Gasteiger partial charge in [0.05, 0.1) is 12.7 Å². The van der Waals surface area contributed by atoms with Crippen molar-refractivity contribution in [3.05, 3.63) is 84.1 Å². The van der Waals surface area contributed by atoms with Crippen LogP contribution in [0.5, 0.6) is 11.5 Å². The Morgan fingerprint density at radius 1 is 1.02 bits per heavy atom. The van der Waals surface area contributed by atoms with E-state index in [0.29, 0.717) is 29.5 Å². The minimum Gasteiger partial charge on any atom is -0.490 e. The summed E-state index contributed by atoms with van der Waals surface area (Å²) in [6.07, 6.45) is -3.46. The number of carboxylic acids is 1. The molecule has 0 bridgehead atoms. The maximum absolute atomic E-state index is 13.8. The molecular weight excluding hydrogens is 631 g/mol. The number of benzene rings is 3. The number of amides is 2. The lowest BCUT2D eigenvalue weighted by Gasteiger charge is -2.23. The normalized spacial score (nSPS) is 11.6. The summed E-state index contributed by atoms with van der Waals surface area (Å²) in [6, 6.07) is 19.9. The first-order chi connectivity index (χ1) is 22.6. The Labute approximate surface area is 275 Å². The summed E-state index contributed by atoms with van der Waals surface area (Å²) in [4.78, 5) is 40.2. The van der Waals surface area contributed by atoms with E-state index in [2.05, 4.69) is 15.6 Å². The van der Waals surface area contributed by atoms with Crippen LogP contribution in [0, 0.1) is 0 Å². The molecule has 256 valence electrons. The van der Waals surface area contributed by atoms with Crippen LogP contribution in [0.3, 0.4) is 0 Å². The minimum absolute atomic E-state index is 0.0328. The van der Waals surface area contributed by atoms with Gasteiger partial charge >= 0.3 is 12.1 Å². The second-order valence-corrected chi connectivity index (χ2v) is 10.8. The number of rotatable bonds is 11. The number of aromatic nitrogens is 1. The predicted molar refractivity (Wildman–Crippen MR) is 177 cm³/mol. The highest BCUT2D eigenvalue weighted by Gasteiger charge is 2.38. The van der Waals surface area contributed by atoms with Crippen molar-refractivity contribution in [2.75, 3.05) is 29.6 Å². The lowest BCUT2D eigenvalue weighted by molar-refractivity contribution is -0.192. The molecule has 5 N–H and O–H groups in total. The third-order valence-corrected chi connectivity index (χ3v) is 6.81. The van der Waals surface area contributed by atoms with Gasteiger partial charge in [0, 0.05) is 43.5 Å². The van der Waals surface area contributed by atoms with E-state index in [-0.39, 0.29) is 24.5 Å². The molecule has 0 fully saturated rings. The Morgan fingerprint density at radius 2 is 1.73 bits per heavy atom. The third kappa shape index (κ3) is 10.2. The number of nitrogens with one attached hydrogen (secondary N) is 2. The summed E-state index contributed by atoms with van der Waals surface area (Å²) in [6.45, 7) is 8.05. The number of alkyl halides is 3. The van der Waals surface area contributed by atoms with Crippen molar-refractivity contribution >= 4 is 45.7 Å². The number of carboxylic acid groups (broad SMARTS) is 1. The smallest absolute Gasteiger partial charge is 0.490 e. The molecule has 1 heterocycles. The number of carbonyl (C=O) groups excluding carboxylic acids is 2. The molecule has 3 aromatic carbocycles. The van der Waals surface area contributed by atoms with Crippen LogP contribution in [0.4, 0.5) is 30.4 Å². The maximum atomic E-state index is 13.8. The number of nitrogens with zero attached hydrogens (tertiary/aromatic N) is 2. The number of hydrogen-bond acceptors (Lipinski definition) is 8. The molecule has 0 spiro atoms. The highest BCUT2D eigenvalue weighted by atomic mass is 19.4. The van der Waals surface area contributed by atoms with Gasteiger partial charge in [-0.1, -0.05) is 18.2 Å². The molecule has 0 saturated heterocycles. The molecule has 0 aliphatic carbocycles. The lowest BCUT2D eigenvalue weighted by Crippen LogP contribution is -2.33. The van der Waals surface area contributed by atoms with E-state index in [1.165, 1.54) is 6.92 Å². The van der Waals surface area contributed by atoms with Gasteiger partial charge in [0.1, 0.15) is 11.9 Å². The fraction of sp³-hybridized carbons (Fsp3) is 0.294. The van der Waals surface area contributed by atoms with Crippen molar-refractivity contribution in [2.45, 2.75) is 52.6 Å². The summed E-state index contributed by atoms with van der Waals surface area (Å²) in [5.74, 6) is -1.43. The van der Waals surface area contributed by atoms with Crippen LogP contribution < -0.4 is 30.7 Å². The number of anilines is 3. The number of hydrogen-bond donors (Lipinski definition) is 4. The SMILES string of the molecule is CCOc1cc(C(Nc2ccc3c(N)nccc3c2)C(=O)NCc2cccc(N(C)C(C)=O)c2)ccc1OC(C)C.O=C(O)C(F)(F)F. The largest absolute Gasteiger partial charge is 0.490 e. The lowest BCUT2D eigenvalue weighted by atomic mass is 10.0. The van der Waals surface area contributed by atoms with E-state index >= 15 is 0 Å². The Kier molecular flexibility index (Phi) is 12.6. The fourth-order valence-electron chi connectivity index (χ4n) is 4.43. The molecule has 1 atom stereocenters. The topological polar surface area (TPSA) is 156 Å². The van der Waals surface area contributed by atoms with Crippen molar-refractivity contribution in [3.63, 3.8) is 0 Å². The number of pyridine rings is 1. The zero-order valence-corrected chi connectivity index (χ0v) is 27.1. The van der Waals surface area contributed by atoms with Gasteiger partial charge in [0.2, 0.25) is 11.8 Å². The van der Waals surface area contributed by atoms with Gasteiger partial charge in [0.25, 0.3) is 0 Å². The molecule has 4 aromatic rings. The van der Waals surface area contributed by atoms with E-state index < -0.39 is 18.2 Å². The van der Waals surface area contributed by atoms with Crippen LogP contribution >= 0.6 is 0 Å². The van der Waals surface area contributed by atoms with Crippen molar-refractivity contribution in [2.24, 2.45) is 0 Å². The van der Waals surface area contributed by atoms with Gasteiger partial charge < -0.3 is 35.8 Å². The molecule has 4 rings (SSSR count). The monoisotopic (exact) mass is 669 g/mol. The maximum Gasteiger partial charge on any atom is 0.490 e. The summed E-state index contributed by atoms with van der Waals surface area (Å²) in [5.41, 5.74) is 9.12. The van der Waals surface area contributed by atoms with Gasteiger partial charge in [-0.2, -0.15) is 13.2 Å². The molecule has 1 aromatic heterocycles. The van der Waals surface area contributed by atoms with E-state index in [1.807, 2.05) is 87.5 Å². The third-order valence-electron chi connectivity index (χ3n) is 6.81. The van der Waals surface area contributed by atoms with Crippen molar-refractivity contribution in [1.82, 2.24) is 10.3 Å². The number of ether oxygens (including phenoxy) is 2. The number of carbonyl (C=O) groups is 3. The van der Waals surface area contributed by atoms with Crippen LogP contribution in [0.15, 0.2) is 72.9 Å². The molecular formula is C34H38F3N5O6. The second-order valence-electron chi connectivity index (χ2n) is 10.8. The number of nitrogens with two attached hydrogens (primary N) is 1. The first-order valence-corrected chi connectivity index (χ1v) is 14.9. The van der Waals surface area contributed by atoms with Crippen LogP contribution in [0.1, 0.15) is 44.9 Å². The van der Waals surface area contributed by atoms with E-state index in [1.54, 1.807) is 18.1 Å². The molecule has 0 saturated carbocycles. The van der Waals surface area contributed by atoms with Gasteiger partial charge in [0.15, 0.2) is 11.5 Å². The molecule has 11 nitrogen and oxygen atoms in total. The van der Waals surface area contributed by atoms with E-state index in [9.17, 15) is 22.8 Å². The van der Waals surface area contributed by atoms with Crippen LogP contribution in [-0.2, 0) is 20.9 Å². The molecule has 2 amide bonds. The van der Waals surface area contributed by atoms with Gasteiger partial charge in [-0.15, -0.1) is 0 Å². The van der Waals surface area contributed by atoms with Crippen molar-refractivity contribution in [1.29, 1.82) is 0 Å². The summed E-state index contributed by atoms with van der Waals surface area (Å²) < 4.78 is 43.5. The van der Waals surface area contributed by atoms with Crippen LogP contribution in [-0.4, -0.2) is 53.8 Å². The summed E-state index contributed by atoms with van der Waals surface area (Å²) in [7, 11) is 1.72. The average molecular weight is 670 g/mol. The molecule has 48 heavy (non-hydrogen) atoms. The first-order valence-electron chi connectivity index (χ1n) is 14.9. The molecule has 0 aliphatic rings. The quantitative estimate of drug-likeness (QED) is 0.148. The Hall–Kier alpha value is -5.53. The van der Waals surface area contributed by atoms with Crippen LogP contribution in [0.25, 0.3) is 10.8 Å². The molecule has 0 radical (unpaired) electrons.